The van der Waals surface area contributed by atoms with Gasteiger partial charge in [0.15, 0.2) is 0 Å². The Hall–Kier alpha value is -1.36. The van der Waals surface area contributed by atoms with Crippen molar-refractivity contribution in [1.29, 1.82) is 0 Å². The van der Waals surface area contributed by atoms with Gasteiger partial charge in [-0.05, 0) is 50.8 Å². The van der Waals surface area contributed by atoms with Crippen molar-refractivity contribution in [2.24, 2.45) is 11.7 Å². The Balaban J connectivity index is 0.00000132. The third-order valence-electron chi connectivity index (χ3n) is 4.13. The van der Waals surface area contributed by atoms with Crippen LogP contribution in [-0.2, 0) is 0 Å². The van der Waals surface area contributed by atoms with Crippen molar-refractivity contribution in [3.05, 3.63) is 41.1 Å². The van der Waals surface area contributed by atoms with Gasteiger partial charge in [-0.2, -0.15) is 0 Å². The Kier molecular flexibility index (Phi) is 6.81. The summed E-state index contributed by atoms with van der Waals surface area (Å²) in [7, 11) is 0. The number of halogens is 2. The molecule has 126 valence electrons. The average molecular weight is 356 g/mol. The van der Waals surface area contributed by atoms with Crippen molar-refractivity contribution >= 4 is 41.6 Å². The number of benzene rings is 1. The number of hydrogen-bond acceptors (Lipinski definition) is 3. The molecule has 2 aromatic rings. The van der Waals surface area contributed by atoms with Crippen LogP contribution in [0.25, 0.3) is 10.9 Å². The van der Waals surface area contributed by atoms with E-state index in [-0.39, 0.29) is 36.8 Å². The first-order chi connectivity index (χ1) is 10.0. The summed E-state index contributed by atoms with van der Waals surface area (Å²) in [4.78, 5) is 16.9. The molecular weight excluding hydrogens is 333 g/mol. The molecule has 4 nitrogen and oxygen atoms in total. The van der Waals surface area contributed by atoms with Gasteiger partial charge in [0, 0.05) is 18.0 Å². The lowest BCUT2D eigenvalue weighted by molar-refractivity contribution is 0.0949. The van der Waals surface area contributed by atoms with E-state index in [0.717, 1.165) is 22.2 Å². The molecule has 3 N–H and O–H groups in total. The van der Waals surface area contributed by atoms with Gasteiger partial charge in [-0.15, -0.1) is 24.8 Å². The Morgan fingerprint density at radius 3 is 2.65 bits per heavy atom. The molecule has 0 spiro atoms. The number of nitrogens with two attached hydrogens (primary N) is 1. The van der Waals surface area contributed by atoms with Crippen LogP contribution in [0.15, 0.2) is 24.3 Å². The summed E-state index contributed by atoms with van der Waals surface area (Å²) >= 11 is 0. The van der Waals surface area contributed by atoms with Crippen LogP contribution in [-0.4, -0.2) is 23.5 Å². The number of rotatable bonds is 4. The van der Waals surface area contributed by atoms with E-state index in [2.05, 4.69) is 16.4 Å². The van der Waals surface area contributed by atoms with Gasteiger partial charge in [-0.3, -0.25) is 9.78 Å². The van der Waals surface area contributed by atoms with Crippen LogP contribution < -0.4 is 11.1 Å². The minimum absolute atomic E-state index is 0. The highest BCUT2D eigenvalue weighted by molar-refractivity contribution is 5.98. The molecule has 0 radical (unpaired) electrons. The van der Waals surface area contributed by atoms with Crippen LogP contribution in [0.3, 0.4) is 0 Å². The molecule has 1 aliphatic carbocycles. The van der Waals surface area contributed by atoms with Crippen molar-refractivity contribution in [1.82, 2.24) is 10.3 Å². The van der Waals surface area contributed by atoms with Gasteiger partial charge in [0.2, 0.25) is 0 Å². The van der Waals surface area contributed by atoms with Gasteiger partial charge in [-0.1, -0.05) is 11.6 Å². The first kappa shape index (κ1) is 19.7. The van der Waals surface area contributed by atoms with E-state index < -0.39 is 0 Å². The summed E-state index contributed by atoms with van der Waals surface area (Å²) < 4.78 is 0. The highest BCUT2D eigenvalue weighted by Gasteiger charge is 2.28. The number of hydrogen-bond donors (Lipinski definition) is 2. The number of nitrogens with one attached hydrogen (secondary N) is 1. The summed E-state index contributed by atoms with van der Waals surface area (Å²) in [5.74, 6) is 0.503. The molecule has 1 aromatic heterocycles. The molecule has 3 rings (SSSR count). The average Bonchev–Trinajstić information content (AvgIpc) is 3.28. The Morgan fingerprint density at radius 2 is 2.00 bits per heavy atom. The topological polar surface area (TPSA) is 68.0 Å². The molecule has 0 aliphatic heterocycles. The van der Waals surface area contributed by atoms with Crippen molar-refractivity contribution in [3.63, 3.8) is 0 Å². The lowest BCUT2D eigenvalue weighted by Gasteiger charge is -2.13. The minimum atomic E-state index is -0.0838. The van der Waals surface area contributed by atoms with Crippen LogP contribution >= 0.6 is 24.8 Å². The quantitative estimate of drug-likeness (QED) is 0.884. The minimum Gasteiger partial charge on any atom is -0.350 e. The smallest absolute Gasteiger partial charge is 0.253 e. The number of pyridine rings is 1. The molecule has 0 saturated heterocycles. The Morgan fingerprint density at radius 1 is 1.30 bits per heavy atom. The molecule has 6 heteroatoms. The predicted molar refractivity (Wildman–Crippen MR) is 98.7 cm³/mol. The van der Waals surface area contributed by atoms with Crippen molar-refractivity contribution in [2.75, 3.05) is 6.54 Å². The monoisotopic (exact) mass is 355 g/mol. The molecule has 1 fully saturated rings. The molecule has 0 bridgehead atoms. The van der Waals surface area contributed by atoms with Crippen LogP contribution in [0, 0.1) is 19.8 Å². The third kappa shape index (κ3) is 4.56. The summed E-state index contributed by atoms with van der Waals surface area (Å²) in [6, 6.07) is 8.06. The fraction of sp³-hybridized carbons (Fsp3) is 0.412. The molecule has 1 aliphatic rings. The fourth-order valence-corrected chi connectivity index (χ4v) is 2.62. The largest absolute Gasteiger partial charge is 0.350 e. The summed E-state index contributed by atoms with van der Waals surface area (Å²) in [5.41, 5.74) is 9.50. The standard InChI is InChI=1S/C17H21N3O.2ClH/c1-10-3-6-16-13(7-10)8-14(11(2)20-16)17(21)19-9-15(18)12-4-5-12;;/h3,6-8,12,15H,4-5,9,18H2,1-2H3,(H,19,21);2*1H. The zero-order valence-corrected chi connectivity index (χ0v) is 15.0. The number of carbonyl (C=O) groups is 1. The maximum atomic E-state index is 12.3. The predicted octanol–water partition coefficient (Wildman–Crippen LogP) is 3.16. The van der Waals surface area contributed by atoms with Gasteiger partial charge in [0.05, 0.1) is 16.8 Å². The van der Waals surface area contributed by atoms with E-state index in [0.29, 0.717) is 18.0 Å². The van der Waals surface area contributed by atoms with Crippen LogP contribution in [0.1, 0.15) is 34.5 Å². The zero-order chi connectivity index (χ0) is 15.0. The lowest BCUT2D eigenvalue weighted by Crippen LogP contribution is -2.38. The summed E-state index contributed by atoms with van der Waals surface area (Å²) in [6.07, 6.45) is 2.37. The van der Waals surface area contributed by atoms with Gasteiger partial charge >= 0.3 is 0 Å². The number of carbonyl (C=O) groups excluding carboxylic acids is 1. The Bertz CT molecular complexity index is 702. The molecular formula is C17H23Cl2N3O. The van der Waals surface area contributed by atoms with E-state index in [1.54, 1.807) is 0 Å². The highest BCUT2D eigenvalue weighted by atomic mass is 35.5. The van der Waals surface area contributed by atoms with E-state index in [1.807, 2.05) is 32.0 Å². The first-order valence-electron chi connectivity index (χ1n) is 7.46. The molecule has 1 atom stereocenters. The lowest BCUT2D eigenvalue weighted by atomic mass is 10.1. The SMILES string of the molecule is Cc1ccc2nc(C)c(C(=O)NCC(N)C3CC3)cc2c1.Cl.Cl. The molecule has 1 amide bonds. The van der Waals surface area contributed by atoms with Gasteiger partial charge in [-0.25, -0.2) is 0 Å². The first-order valence-corrected chi connectivity index (χ1v) is 7.46. The number of amides is 1. The normalized spacial score (nSPS) is 14.6. The molecule has 23 heavy (non-hydrogen) atoms. The van der Waals surface area contributed by atoms with Crippen molar-refractivity contribution < 1.29 is 4.79 Å². The summed E-state index contributed by atoms with van der Waals surface area (Å²) in [5, 5.41) is 3.93. The van der Waals surface area contributed by atoms with Crippen LogP contribution in [0.5, 0.6) is 0 Å². The fourth-order valence-electron chi connectivity index (χ4n) is 2.62. The van der Waals surface area contributed by atoms with E-state index in [4.69, 9.17) is 5.73 Å². The number of aromatic nitrogens is 1. The van der Waals surface area contributed by atoms with E-state index in [1.165, 1.54) is 12.8 Å². The van der Waals surface area contributed by atoms with Crippen molar-refractivity contribution in [2.45, 2.75) is 32.7 Å². The van der Waals surface area contributed by atoms with E-state index >= 15 is 0 Å². The molecule has 1 unspecified atom stereocenters. The van der Waals surface area contributed by atoms with E-state index in [9.17, 15) is 4.79 Å². The number of aryl methyl sites for hydroxylation is 2. The second-order valence-electron chi connectivity index (χ2n) is 6.03. The second kappa shape index (κ2) is 7.95. The van der Waals surface area contributed by atoms with Gasteiger partial charge in [0.25, 0.3) is 5.91 Å². The molecule has 1 heterocycles. The van der Waals surface area contributed by atoms with Crippen molar-refractivity contribution in [3.8, 4) is 0 Å². The van der Waals surface area contributed by atoms with Gasteiger partial charge in [0.1, 0.15) is 0 Å². The highest BCUT2D eigenvalue weighted by Crippen LogP contribution is 2.31. The zero-order valence-electron chi connectivity index (χ0n) is 13.3. The summed E-state index contributed by atoms with van der Waals surface area (Å²) in [6.45, 7) is 4.44. The molecule has 1 aromatic carbocycles. The maximum Gasteiger partial charge on any atom is 0.253 e. The van der Waals surface area contributed by atoms with Crippen LogP contribution in [0.4, 0.5) is 0 Å². The maximum absolute atomic E-state index is 12.3. The third-order valence-corrected chi connectivity index (χ3v) is 4.13. The number of nitrogens with zero attached hydrogens (tertiary/aromatic N) is 1. The molecule has 1 saturated carbocycles. The number of fused-ring (bicyclic) bond motifs is 1. The Labute approximate surface area is 149 Å². The second-order valence-corrected chi connectivity index (χ2v) is 6.03. The van der Waals surface area contributed by atoms with Gasteiger partial charge < -0.3 is 11.1 Å². The van der Waals surface area contributed by atoms with Crippen LogP contribution in [0.2, 0.25) is 0 Å².